The standard InChI is InChI=1S/C15H17N3O3S/c19-14(6-11-3-5-22-10-11)17-4-1-2-13(9-17)18-8-12(7-16-18)15(20)21/h3,5,7-8,10,13H,1-2,4,6,9H2,(H,20,21)/t13-/m1/s1. The van der Waals surface area contributed by atoms with Crippen LogP contribution in [0, 0.1) is 0 Å². The van der Waals surface area contributed by atoms with E-state index in [4.69, 9.17) is 5.11 Å². The predicted octanol–water partition coefficient (Wildman–Crippen LogP) is 2.05. The zero-order valence-corrected chi connectivity index (χ0v) is 12.8. The van der Waals surface area contributed by atoms with Crippen LogP contribution in [0.2, 0.25) is 0 Å². The molecule has 3 rings (SSSR count). The Balaban J connectivity index is 1.65. The monoisotopic (exact) mass is 319 g/mol. The van der Waals surface area contributed by atoms with Crippen LogP contribution in [0.3, 0.4) is 0 Å². The lowest BCUT2D eigenvalue weighted by Crippen LogP contribution is -2.41. The number of aromatic nitrogens is 2. The van der Waals surface area contributed by atoms with Gasteiger partial charge in [-0.3, -0.25) is 9.48 Å². The fraction of sp³-hybridized carbons (Fsp3) is 0.400. The Bertz CT molecular complexity index is 665. The Morgan fingerprint density at radius 3 is 3.00 bits per heavy atom. The third-order valence-electron chi connectivity index (χ3n) is 3.91. The van der Waals surface area contributed by atoms with Crippen LogP contribution in [-0.4, -0.2) is 44.8 Å². The average molecular weight is 319 g/mol. The number of carbonyl (C=O) groups is 2. The summed E-state index contributed by atoms with van der Waals surface area (Å²) < 4.78 is 1.67. The first-order valence-corrected chi connectivity index (χ1v) is 8.14. The summed E-state index contributed by atoms with van der Waals surface area (Å²) in [6.07, 6.45) is 5.13. The predicted molar refractivity (Wildman–Crippen MR) is 82.1 cm³/mol. The third-order valence-corrected chi connectivity index (χ3v) is 4.64. The topological polar surface area (TPSA) is 75.4 Å². The molecule has 0 unspecified atom stereocenters. The number of rotatable bonds is 4. The van der Waals surface area contributed by atoms with E-state index in [-0.39, 0.29) is 17.5 Å². The normalized spacial score (nSPS) is 18.4. The van der Waals surface area contributed by atoms with Crippen LogP contribution in [0.15, 0.2) is 29.2 Å². The molecule has 3 heterocycles. The van der Waals surface area contributed by atoms with E-state index in [9.17, 15) is 9.59 Å². The third kappa shape index (κ3) is 3.19. The molecule has 22 heavy (non-hydrogen) atoms. The Hall–Kier alpha value is -2.15. The fourth-order valence-electron chi connectivity index (χ4n) is 2.73. The van der Waals surface area contributed by atoms with E-state index in [2.05, 4.69) is 5.10 Å². The van der Waals surface area contributed by atoms with E-state index in [0.717, 1.165) is 24.9 Å². The van der Waals surface area contributed by atoms with Crippen LogP contribution in [-0.2, 0) is 11.2 Å². The lowest BCUT2D eigenvalue weighted by molar-refractivity contribution is -0.132. The van der Waals surface area contributed by atoms with Crippen molar-refractivity contribution in [2.45, 2.75) is 25.3 Å². The average Bonchev–Trinajstić information content (AvgIpc) is 3.18. The lowest BCUT2D eigenvalue weighted by atomic mass is 10.0. The van der Waals surface area contributed by atoms with E-state index >= 15 is 0 Å². The number of piperidine rings is 1. The minimum atomic E-state index is -0.979. The molecule has 1 aliphatic heterocycles. The highest BCUT2D eigenvalue weighted by Crippen LogP contribution is 2.22. The number of carboxylic acids is 1. The fourth-order valence-corrected chi connectivity index (χ4v) is 3.39. The summed E-state index contributed by atoms with van der Waals surface area (Å²) in [6.45, 7) is 1.34. The van der Waals surface area contributed by atoms with Gasteiger partial charge in [0.1, 0.15) is 0 Å². The molecular weight excluding hydrogens is 302 g/mol. The molecular formula is C15H17N3O3S. The number of nitrogens with zero attached hydrogens (tertiary/aromatic N) is 3. The minimum absolute atomic E-state index is 0.0493. The summed E-state index contributed by atoms with van der Waals surface area (Å²) in [7, 11) is 0. The van der Waals surface area contributed by atoms with Gasteiger partial charge in [0, 0.05) is 19.3 Å². The molecule has 1 aliphatic rings. The molecule has 2 aromatic heterocycles. The summed E-state index contributed by atoms with van der Waals surface area (Å²) in [5.74, 6) is -0.860. The molecule has 1 fully saturated rings. The molecule has 6 nitrogen and oxygen atoms in total. The van der Waals surface area contributed by atoms with Crippen molar-refractivity contribution in [3.05, 3.63) is 40.3 Å². The van der Waals surface area contributed by atoms with Gasteiger partial charge in [-0.1, -0.05) is 0 Å². The van der Waals surface area contributed by atoms with Crippen molar-refractivity contribution in [2.75, 3.05) is 13.1 Å². The van der Waals surface area contributed by atoms with Crippen molar-refractivity contribution >= 4 is 23.2 Å². The molecule has 1 saturated heterocycles. The molecule has 0 saturated carbocycles. The first-order valence-electron chi connectivity index (χ1n) is 7.20. The highest BCUT2D eigenvalue weighted by Gasteiger charge is 2.25. The first kappa shape index (κ1) is 14.8. The van der Waals surface area contributed by atoms with Gasteiger partial charge in [-0.05, 0) is 35.2 Å². The molecule has 116 valence electrons. The van der Waals surface area contributed by atoms with Gasteiger partial charge in [0.05, 0.1) is 24.2 Å². The van der Waals surface area contributed by atoms with Crippen LogP contribution in [0.25, 0.3) is 0 Å². The van der Waals surface area contributed by atoms with E-state index in [1.807, 2.05) is 21.7 Å². The van der Waals surface area contributed by atoms with Gasteiger partial charge in [-0.2, -0.15) is 16.4 Å². The largest absolute Gasteiger partial charge is 0.478 e. The Morgan fingerprint density at radius 2 is 2.32 bits per heavy atom. The van der Waals surface area contributed by atoms with Crippen molar-refractivity contribution in [1.82, 2.24) is 14.7 Å². The van der Waals surface area contributed by atoms with Crippen molar-refractivity contribution in [2.24, 2.45) is 0 Å². The zero-order valence-electron chi connectivity index (χ0n) is 12.0. The second-order valence-electron chi connectivity index (χ2n) is 5.46. The van der Waals surface area contributed by atoms with Gasteiger partial charge in [-0.15, -0.1) is 0 Å². The molecule has 1 atom stereocenters. The molecule has 0 aromatic carbocycles. The first-order chi connectivity index (χ1) is 10.6. The Kier molecular flexibility index (Phi) is 4.24. The van der Waals surface area contributed by atoms with Crippen molar-refractivity contribution in [1.29, 1.82) is 0 Å². The van der Waals surface area contributed by atoms with E-state index in [0.29, 0.717) is 13.0 Å². The van der Waals surface area contributed by atoms with Crippen molar-refractivity contribution < 1.29 is 14.7 Å². The number of carboxylic acid groups (broad SMARTS) is 1. The van der Waals surface area contributed by atoms with Crippen LogP contribution >= 0.6 is 11.3 Å². The summed E-state index contributed by atoms with van der Waals surface area (Å²) in [6, 6.07) is 2.02. The second kappa shape index (κ2) is 6.31. The molecule has 1 N–H and O–H groups in total. The van der Waals surface area contributed by atoms with Crippen molar-refractivity contribution in [3.8, 4) is 0 Å². The van der Waals surface area contributed by atoms with Crippen LogP contribution in [0.1, 0.15) is 34.8 Å². The Labute approximate surface area is 132 Å². The van der Waals surface area contributed by atoms with Crippen LogP contribution in [0.4, 0.5) is 0 Å². The quantitative estimate of drug-likeness (QED) is 0.936. The molecule has 2 aromatic rings. The zero-order chi connectivity index (χ0) is 15.5. The second-order valence-corrected chi connectivity index (χ2v) is 6.24. The number of hydrogen-bond donors (Lipinski definition) is 1. The van der Waals surface area contributed by atoms with E-state index < -0.39 is 5.97 Å². The minimum Gasteiger partial charge on any atom is -0.478 e. The summed E-state index contributed by atoms with van der Waals surface area (Å²) in [5.41, 5.74) is 1.23. The maximum Gasteiger partial charge on any atom is 0.338 e. The molecule has 7 heteroatoms. The molecule has 0 bridgehead atoms. The highest BCUT2D eigenvalue weighted by atomic mass is 32.1. The lowest BCUT2D eigenvalue weighted by Gasteiger charge is -2.33. The van der Waals surface area contributed by atoms with Gasteiger partial charge in [0.25, 0.3) is 0 Å². The van der Waals surface area contributed by atoms with Gasteiger partial charge in [-0.25, -0.2) is 4.79 Å². The molecule has 1 amide bonds. The number of amides is 1. The molecule has 0 spiro atoms. The Morgan fingerprint density at radius 1 is 1.45 bits per heavy atom. The maximum atomic E-state index is 12.4. The smallest absolute Gasteiger partial charge is 0.338 e. The summed E-state index contributed by atoms with van der Waals surface area (Å²) in [5, 5.41) is 17.1. The number of aromatic carboxylic acids is 1. The van der Waals surface area contributed by atoms with Gasteiger partial charge < -0.3 is 10.0 Å². The number of thiophene rings is 1. The number of likely N-dealkylation sites (tertiary alicyclic amines) is 1. The van der Waals surface area contributed by atoms with Gasteiger partial charge >= 0.3 is 5.97 Å². The van der Waals surface area contributed by atoms with Crippen molar-refractivity contribution in [3.63, 3.8) is 0 Å². The summed E-state index contributed by atoms with van der Waals surface area (Å²) in [4.78, 5) is 25.1. The maximum absolute atomic E-state index is 12.4. The van der Waals surface area contributed by atoms with Gasteiger partial charge in [0.2, 0.25) is 5.91 Å². The van der Waals surface area contributed by atoms with Gasteiger partial charge in [0.15, 0.2) is 0 Å². The SMILES string of the molecule is O=C(O)c1cnn([C@@H]2CCCN(C(=O)Cc3ccsc3)C2)c1. The van der Waals surface area contributed by atoms with Crippen LogP contribution < -0.4 is 0 Å². The van der Waals surface area contributed by atoms with Crippen LogP contribution in [0.5, 0.6) is 0 Å². The molecule has 0 aliphatic carbocycles. The highest BCUT2D eigenvalue weighted by molar-refractivity contribution is 7.07. The molecule has 0 radical (unpaired) electrons. The number of hydrogen-bond acceptors (Lipinski definition) is 4. The number of carbonyl (C=O) groups excluding carboxylic acids is 1. The summed E-state index contributed by atoms with van der Waals surface area (Å²) >= 11 is 1.59. The van der Waals surface area contributed by atoms with E-state index in [1.54, 1.807) is 22.2 Å². The van der Waals surface area contributed by atoms with E-state index in [1.165, 1.54) is 6.20 Å².